The molecule has 0 saturated carbocycles. The first-order valence-electron chi connectivity index (χ1n) is 5.69. The second kappa shape index (κ2) is 6.13. The molecule has 2 aromatic rings. The van der Waals surface area contributed by atoms with Crippen molar-refractivity contribution in [2.24, 2.45) is 0 Å². The predicted octanol–water partition coefficient (Wildman–Crippen LogP) is 4.39. The third-order valence-corrected chi connectivity index (χ3v) is 3.37. The minimum Gasteiger partial charge on any atom is -0.380 e. The van der Waals surface area contributed by atoms with Crippen LogP contribution in [0.25, 0.3) is 0 Å². The molecule has 4 nitrogen and oxygen atoms in total. The van der Waals surface area contributed by atoms with Gasteiger partial charge in [0.1, 0.15) is 11.6 Å². The van der Waals surface area contributed by atoms with Crippen molar-refractivity contribution in [1.82, 2.24) is 0 Å². The Balaban J connectivity index is 2.23. The Morgan fingerprint density at radius 2 is 1.86 bits per heavy atom. The summed E-state index contributed by atoms with van der Waals surface area (Å²) in [6.45, 7) is -0.114. The van der Waals surface area contributed by atoms with Crippen molar-refractivity contribution < 1.29 is 18.1 Å². The van der Waals surface area contributed by atoms with E-state index in [4.69, 9.17) is 0 Å². The van der Waals surface area contributed by atoms with Crippen LogP contribution in [0.15, 0.2) is 34.8 Å². The summed E-state index contributed by atoms with van der Waals surface area (Å²) in [7, 11) is 0. The maximum Gasteiger partial charge on any atom is 0.305 e. The third kappa shape index (κ3) is 3.52. The second-order valence-corrected chi connectivity index (χ2v) is 4.98. The van der Waals surface area contributed by atoms with Crippen LogP contribution in [0.5, 0.6) is 0 Å². The molecule has 0 atom stereocenters. The zero-order chi connectivity index (χ0) is 15.6. The number of anilines is 1. The smallest absolute Gasteiger partial charge is 0.305 e. The van der Waals surface area contributed by atoms with Gasteiger partial charge in [0, 0.05) is 34.4 Å². The molecule has 0 heterocycles. The quantitative estimate of drug-likeness (QED) is 0.649. The average Bonchev–Trinajstić information content (AvgIpc) is 2.39. The van der Waals surface area contributed by atoms with Crippen LogP contribution in [0.3, 0.4) is 0 Å². The first kappa shape index (κ1) is 15.3. The number of halogens is 4. The van der Waals surface area contributed by atoms with Gasteiger partial charge in [0.2, 0.25) is 5.82 Å². The molecular weight excluding hydrogens is 353 g/mol. The second-order valence-electron chi connectivity index (χ2n) is 4.13. The monoisotopic (exact) mass is 360 g/mol. The van der Waals surface area contributed by atoms with E-state index >= 15 is 0 Å². The molecule has 21 heavy (non-hydrogen) atoms. The van der Waals surface area contributed by atoms with Gasteiger partial charge in [-0.1, -0.05) is 0 Å². The lowest BCUT2D eigenvalue weighted by Crippen LogP contribution is -2.05. The highest BCUT2D eigenvalue weighted by Crippen LogP contribution is 2.26. The Kier molecular flexibility index (Phi) is 4.46. The summed E-state index contributed by atoms with van der Waals surface area (Å²) in [5, 5.41) is 13.4. The van der Waals surface area contributed by atoms with Gasteiger partial charge in [0.25, 0.3) is 0 Å². The minimum atomic E-state index is -1.23. The van der Waals surface area contributed by atoms with Crippen LogP contribution in [0.2, 0.25) is 0 Å². The third-order valence-electron chi connectivity index (χ3n) is 2.71. The zero-order valence-electron chi connectivity index (χ0n) is 10.4. The highest BCUT2D eigenvalue weighted by atomic mass is 79.9. The molecule has 0 saturated heterocycles. The number of nitrogens with one attached hydrogen (secondary N) is 1. The first-order valence-corrected chi connectivity index (χ1v) is 6.49. The Morgan fingerprint density at radius 3 is 2.48 bits per heavy atom. The van der Waals surface area contributed by atoms with Crippen LogP contribution in [-0.2, 0) is 6.54 Å². The number of benzene rings is 2. The van der Waals surface area contributed by atoms with E-state index in [1.165, 1.54) is 18.2 Å². The summed E-state index contributed by atoms with van der Waals surface area (Å²) in [4.78, 5) is 9.70. The molecular formula is C13H8BrF3N2O2. The lowest BCUT2D eigenvalue weighted by atomic mass is 10.1. The summed E-state index contributed by atoms with van der Waals surface area (Å²) in [5.74, 6) is -2.58. The Labute approximate surface area is 125 Å². The van der Waals surface area contributed by atoms with Crippen molar-refractivity contribution in [3.63, 3.8) is 0 Å². The molecule has 0 fully saturated rings. The Bertz CT molecular complexity index is 710. The van der Waals surface area contributed by atoms with Gasteiger partial charge in [-0.25, -0.2) is 8.78 Å². The predicted molar refractivity (Wildman–Crippen MR) is 74.4 cm³/mol. The Morgan fingerprint density at radius 1 is 1.14 bits per heavy atom. The van der Waals surface area contributed by atoms with Gasteiger partial charge >= 0.3 is 5.69 Å². The molecule has 0 aromatic heterocycles. The molecule has 110 valence electrons. The van der Waals surface area contributed by atoms with E-state index < -0.39 is 28.1 Å². The molecule has 2 rings (SSSR count). The molecule has 0 amide bonds. The van der Waals surface area contributed by atoms with Crippen molar-refractivity contribution in [2.45, 2.75) is 6.54 Å². The van der Waals surface area contributed by atoms with E-state index in [0.29, 0.717) is 16.2 Å². The summed E-state index contributed by atoms with van der Waals surface area (Å²) >= 11 is 3.12. The number of hydrogen-bond acceptors (Lipinski definition) is 3. The molecule has 0 radical (unpaired) electrons. The van der Waals surface area contributed by atoms with Crippen LogP contribution < -0.4 is 5.32 Å². The number of nitrogens with zero attached hydrogens (tertiary/aromatic N) is 1. The van der Waals surface area contributed by atoms with Gasteiger partial charge in [-0.2, -0.15) is 4.39 Å². The highest BCUT2D eigenvalue weighted by molar-refractivity contribution is 9.10. The van der Waals surface area contributed by atoms with Crippen molar-refractivity contribution in [3.05, 3.63) is 67.9 Å². The van der Waals surface area contributed by atoms with Crippen LogP contribution in [0.4, 0.5) is 24.5 Å². The average molecular weight is 361 g/mol. The van der Waals surface area contributed by atoms with Gasteiger partial charge < -0.3 is 5.32 Å². The number of rotatable bonds is 4. The summed E-state index contributed by atoms with van der Waals surface area (Å²) in [5.41, 5.74) is -0.395. The maximum atomic E-state index is 13.6. The van der Waals surface area contributed by atoms with Crippen molar-refractivity contribution in [3.8, 4) is 0 Å². The largest absolute Gasteiger partial charge is 0.380 e. The lowest BCUT2D eigenvalue weighted by Gasteiger charge is -2.09. The molecule has 0 aliphatic rings. The molecule has 8 heteroatoms. The van der Waals surface area contributed by atoms with E-state index in [2.05, 4.69) is 21.2 Å². The molecule has 0 unspecified atom stereocenters. The van der Waals surface area contributed by atoms with Crippen molar-refractivity contribution in [2.75, 3.05) is 5.32 Å². The first-order chi connectivity index (χ1) is 9.88. The molecule has 0 spiro atoms. The van der Waals surface area contributed by atoms with E-state index in [1.807, 2.05) is 0 Å². The summed E-state index contributed by atoms with van der Waals surface area (Å²) in [6, 6.07) is 5.14. The van der Waals surface area contributed by atoms with E-state index in [0.717, 1.165) is 6.07 Å². The summed E-state index contributed by atoms with van der Waals surface area (Å²) < 4.78 is 40.1. The number of nitro benzene ring substituents is 1. The molecule has 0 aliphatic heterocycles. The van der Waals surface area contributed by atoms with Crippen LogP contribution in [0, 0.1) is 27.6 Å². The number of hydrogen-bond donors (Lipinski definition) is 1. The van der Waals surface area contributed by atoms with Gasteiger partial charge in [-0.15, -0.1) is 0 Å². The van der Waals surface area contributed by atoms with Gasteiger partial charge in [0.05, 0.1) is 4.92 Å². The van der Waals surface area contributed by atoms with Crippen LogP contribution >= 0.6 is 15.9 Å². The van der Waals surface area contributed by atoms with Gasteiger partial charge in [-0.05, 0) is 34.1 Å². The normalized spacial score (nSPS) is 10.5. The number of nitro groups is 1. The Hall–Kier alpha value is -2.09. The lowest BCUT2D eigenvalue weighted by molar-refractivity contribution is -0.387. The maximum absolute atomic E-state index is 13.6. The van der Waals surface area contributed by atoms with E-state index in [1.54, 1.807) is 0 Å². The minimum absolute atomic E-state index is 0.0701. The van der Waals surface area contributed by atoms with Crippen molar-refractivity contribution in [1.29, 1.82) is 0 Å². The van der Waals surface area contributed by atoms with E-state index in [-0.39, 0.29) is 12.1 Å². The van der Waals surface area contributed by atoms with E-state index in [9.17, 15) is 23.3 Å². The van der Waals surface area contributed by atoms with Gasteiger partial charge in [-0.3, -0.25) is 10.1 Å². The molecule has 1 N–H and O–H groups in total. The topological polar surface area (TPSA) is 55.2 Å². The zero-order valence-corrected chi connectivity index (χ0v) is 12.0. The van der Waals surface area contributed by atoms with Crippen LogP contribution in [0.1, 0.15) is 5.56 Å². The molecule has 0 bridgehead atoms. The highest BCUT2D eigenvalue weighted by Gasteiger charge is 2.18. The fraction of sp³-hybridized carbons (Fsp3) is 0.0769. The fourth-order valence-electron chi connectivity index (χ4n) is 1.68. The van der Waals surface area contributed by atoms with Gasteiger partial charge in [0.15, 0.2) is 0 Å². The van der Waals surface area contributed by atoms with Crippen LogP contribution in [-0.4, -0.2) is 4.92 Å². The SMILES string of the molecule is O=[N+]([O-])c1cc(CNc2ccc(F)cc2Br)c(F)cc1F. The summed E-state index contributed by atoms with van der Waals surface area (Å²) in [6.07, 6.45) is 0. The molecule has 2 aromatic carbocycles. The fourth-order valence-corrected chi connectivity index (χ4v) is 2.17. The molecule has 0 aliphatic carbocycles. The standard InChI is InChI=1S/C13H8BrF3N2O2/c14-9-4-8(15)1-2-12(9)18-6-7-3-13(19(20)21)11(17)5-10(7)16/h1-5,18H,6H2. The van der Waals surface area contributed by atoms with Crippen molar-refractivity contribution >= 4 is 27.3 Å².